The highest BCUT2D eigenvalue weighted by atomic mass is 79.9. The minimum atomic E-state index is -4.27. The van der Waals surface area contributed by atoms with Crippen molar-refractivity contribution in [1.29, 1.82) is 5.26 Å². The van der Waals surface area contributed by atoms with Gasteiger partial charge in [0.25, 0.3) is 0 Å². The Hall–Kier alpha value is -0.320. The van der Waals surface area contributed by atoms with Crippen LogP contribution < -0.4 is 0 Å². The molecule has 7 heteroatoms. The van der Waals surface area contributed by atoms with Gasteiger partial charge in [0.05, 0.1) is 12.7 Å². The second kappa shape index (κ2) is 7.87. The zero-order valence-corrected chi connectivity index (χ0v) is 10.5. The Balaban J connectivity index is 4.14. The maximum Gasteiger partial charge on any atom is 0.402 e. The van der Waals surface area contributed by atoms with Gasteiger partial charge in [-0.15, -0.1) is 0 Å². The monoisotopic (exact) mass is 302 g/mol. The molecule has 1 unspecified atom stereocenters. The normalized spacial score (nSPS) is 13.8. The van der Waals surface area contributed by atoms with E-state index in [0.717, 1.165) is 0 Å². The van der Waals surface area contributed by atoms with Crippen LogP contribution >= 0.6 is 15.9 Å². The molecule has 16 heavy (non-hydrogen) atoms. The lowest BCUT2D eigenvalue weighted by Crippen LogP contribution is -2.39. The van der Waals surface area contributed by atoms with Crippen LogP contribution in [-0.4, -0.2) is 49.3 Å². The van der Waals surface area contributed by atoms with Crippen LogP contribution in [-0.2, 0) is 4.74 Å². The smallest absolute Gasteiger partial charge is 0.383 e. The number of nitrogens with zero attached hydrogens (tertiary/aromatic N) is 2. The van der Waals surface area contributed by atoms with Crippen LogP contribution in [0.1, 0.15) is 6.42 Å². The highest BCUT2D eigenvalue weighted by Crippen LogP contribution is 2.26. The molecule has 0 aromatic rings. The Labute approximate surface area is 101 Å². The molecule has 0 radical (unpaired) electrons. The Morgan fingerprint density at radius 2 is 2.06 bits per heavy atom. The van der Waals surface area contributed by atoms with Gasteiger partial charge >= 0.3 is 6.18 Å². The molecule has 1 atom stereocenters. The van der Waals surface area contributed by atoms with Crippen molar-refractivity contribution in [3.63, 3.8) is 0 Å². The molecule has 0 rings (SSSR count). The van der Waals surface area contributed by atoms with Crippen LogP contribution in [0.3, 0.4) is 0 Å². The molecule has 0 saturated carbocycles. The van der Waals surface area contributed by atoms with Crippen molar-refractivity contribution in [2.45, 2.75) is 17.4 Å². The first-order valence-electron chi connectivity index (χ1n) is 4.70. The minimum Gasteiger partial charge on any atom is -0.383 e. The molecule has 0 amide bonds. The summed E-state index contributed by atoms with van der Waals surface area (Å²) in [4.78, 5) is -0.0184. The van der Waals surface area contributed by atoms with Crippen molar-refractivity contribution >= 4 is 15.9 Å². The quantitative estimate of drug-likeness (QED) is 0.676. The molecule has 0 aliphatic heterocycles. The van der Waals surface area contributed by atoms with E-state index in [4.69, 9.17) is 10.00 Å². The molecular weight excluding hydrogens is 289 g/mol. The summed E-state index contributed by atoms with van der Waals surface area (Å²) in [7, 11) is 1.48. The van der Waals surface area contributed by atoms with E-state index in [2.05, 4.69) is 15.9 Å². The third kappa shape index (κ3) is 7.04. The van der Waals surface area contributed by atoms with E-state index in [1.807, 2.05) is 6.07 Å². The average Bonchev–Trinajstić information content (AvgIpc) is 2.20. The Bertz CT molecular complexity index is 230. The van der Waals surface area contributed by atoms with Crippen LogP contribution in [0.5, 0.6) is 0 Å². The second-order valence-electron chi connectivity index (χ2n) is 3.21. The van der Waals surface area contributed by atoms with Crippen molar-refractivity contribution in [2.75, 3.05) is 33.4 Å². The summed E-state index contributed by atoms with van der Waals surface area (Å²) in [6.45, 7) is 0.881. The molecule has 94 valence electrons. The van der Waals surface area contributed by atoms with E-state index in [9.17, 15) is 13.2 Å². The van der Waals surface area contributed by atoms with Crippen molar-refractivity contribution in [2.24, 2.45) is 0 Å². The largest absolute Gasteiger partial charge is 0.402 e. The predicted molar refractivity (Wildman–Crippen MR) is 57.3 cm³/mol. The van der Waals surface area contributed by atoms with E-state index in [1.54, 1.807) is 4.90 Å². The lowest BCUT2D eigenvalue weighted by atomic mass is 10.3. The standard InChI is InChI=1S/C9H14BrF3N2O/c1-16-6-5-15(4-2-3-14)7-8(10)9(11,12)13/h8H,2,4-7H2,1H3. The lowest BCUT2D eigenvalue weighted by Gasteiger charge is -2.24. The van der Waals surface area contributed by atoms with Gasteiger partial charge in [-0.05, 0) is 0 Å². The molecule has 0 aromatic heterocycles. The Morgan fingerprint density at radius 1 is 1.44 bits per heavy atom. The van der Waals surface area contributed by atoms with Crippen LogP contribution in [0.4, 0.5) is 13.2 Å². The number of alkyl halides is 4. The number of nitriles is 1. The minimum absolute atomic E-state index is 0.172. The fraction of sp³-hybridized carbons (Fsp3) is 0.889. The van der Waals surface area contributed by atoms with Crippen molar-refractivity contribution in [3.05, 3.63) is 0 Å². The van der Waals surface area contributed by atoms with Gasteiger partial charge in [0.1, 0.15) is 4.83 Å². The first kappa shape index (κ1) is 15.7. The number of hydrogen-bond acceptors (Lipinski definition) is 3. The van der Waals surface area contributed by atoms with Gasteiger partial charge < -0.3 is 4.74 Å². The molecule has 0 bridgehead atoms. The van der Waals surface area contributed by atoms with Gasteiger partial charge in [0.15, 0.2) is 0 Å². The van der Waals surface area contributed by atoms with E-state index in [-0.39, 0.29) is 13.0 Å². The zero-order chi connectivity index (χ0) is 12.6. The van der Waals surface area contributed by atoms with Crippen molar-refractivity contribution < 1.29 is 17.9 Å². The third-order valence-electron chi connectivity index (χ3n) is 1.93. The molecule has 0 spiro atoms. The fourth-order valence-corrected chi connectivity index (χ4v) is 1.46. The van der Waals surface area contributed by atoms with E-state index in [1.165, 1.54) is 7.11 Å². The van der Waals surface area contributed by atoms with Crippen LogP contribution in [0.25, 0.3) is 0 Å². The van der Waals surface area contributed by atoms with Gasteiger partial charge in [0, 0.05) is 33.2 Å². The molecule has 0 aromatic carbocycles. The molecule has 0 aliphatic rings. The maximum absolute atomic E-state index is 12.3. The Morgan fingerprint density at radius 3 is 2.50 bits per heavy atom. The summed E-state index contributed by atoms with van der Waals surface area (Å²) in [5, 5.41) is 8.39. The highest BCUT2D eigenvalue weighted by molar-refractivity contribution is 9.09. The van der Waals surface area contributed by atoms with Gasteiger partial charge in [-0.25, -0.2) is 0 Å². The van der Waals surface area contributed by atoms with Crippen LogP contribution in [0, 0.1) is 11.3 Å². The van der Waals surface area contributed by atoms with Crippen LogP contribution in [0.2, 0.25) is 0 Å². The van der Waals surface area contributed by atoms with Gasteiger partial charge in [0.2, 0.25) is 0 Å². The first-order valence-corrected chi connectivity index (χ1v) is 5.62. The molecule has 0 saturated heterocycles. The summed E-state index contributed by atoms with van der Waals surface area (Å²) < 4.78 is 41.7. The number of methoxy groups -OCH3 is 1. The molecule has 3 nitrogen and oxygen atoms in total. The fourth-order valence-electron chi connectivity index (χ4n) is 1.05. The molecular formula is C9H14BrF3N2O. The number of halogens is 4. The summed E-state index contributed by atoms with van der Waals surface area (Å²) >= 11 is 2.59. The number of ether oxygens (including phenoxy) is 1. The molecule has 0 heterocycles. The highest BCUT2D eigenvalue weighted by Gasteiger charge is 2.38. The molecule has 0 fully saturated rings. The predicted octanol–water partition coefficient (Wildman–Crippen LogP) is 2.17. The third-order valence-corrected chi connectivity index (χ3v) is 2.73. The van der Waals surface area contributed by atoms with Crippen molar-refractivity contribution in [1.82, 2.24) is 4.90 Å². The lowest BCUT2D eigenvalue weighted by molar-refractivity contribution is -0.130. The van der Waals surface area contributed by atoms with Crippen LogP contribution in [0.15, 0.2) is 0 Å². The summed E-state index contributed by atoms with van der Waals surface area (Å²) in [5.41, 5.74) is 0. The van der Waals surface area contributed by atoms with Gasteiger partial charge in [-0.3, -0.25) is 4.90 Å². The second-order valence-corrected chi connectivity index (χ2v) is 4.32. The topological polar surface area (TPSA) is 36.3 Å². The van der Waals surface area contributed by atoms with E-state index < -0.39 is 11.0 Å². The summed E-state index contributed by atoms with van der Waals surface area (Å²) in [5.74, 6) is 0. The SMILES string of the molecule is COCCN(CCC#N)CC(Br)C(F)(F)F. The van der Waals surface area contributed by atoms with Gasteiger partial charge in [-0.1, -0.05) is 15.9 Å². The number of hydrogen-bond donors (Lipinski definition) is 0. The maximum atomic E-state index is 12.3. The summed E-state index contributed by atoms with van der Waals surface area (Å²) in [6.07, 6.45) is -4.06. The average molecular weight is 303 g/mol. The zero-order valence-electron chi connectivity index (χ0n) is 8.93. The van der Waals surface area contributed by atoms with Gasteiger partial charge in [-0.2, -0.15) is 18.4 Å². The van der Waals surface area contributed by atoms with E-state index >= 15 is 0 Å². The van der Waals surface area contributed by atoms with Crippen molar-refractivity contribution in [3.8, 4) is 6.07 Å². The van der Waals surface area contributed by atoms with E-state index in [0.29, 0.717) is 19.7 Å². The molecule has 0 aliphatic carbocycles. The summed E-state index contributed by atoms with van der Waals surface area (Å²) in [6, 6.07) is 1.91. The Kier molecular flexibility index (Phi) is 7.72. The first-order chi connectivity index (χ1) is 7.41. The molecule has 0 N–H and O–H groups in total. The number of rotatable bonds is 7.